The van der Waals surface area contributed by atoms with Gasteiger partial charge in [-0.25, -0.2) is 9.02 Å². The van der Waals surface area contributed by atoms with Crippen LogP contribution in [-0.2, 0) is 6.42 Å². The molecule has 0 unspecified atom stereocenters. The van der Waals surface area contributed by atoms with Gasteiger partial charge >= 0.3 is 0 Å². The summed E-state index contributed by atoms with van der Waals surface area (Å²) < 4.78 is 18.2. The highest BCUT2D eigenvalue weighted by Gasteiger charge is 2.27. The van der Waals surface area contributed by atoms with Gasteiger partial charge < -0.3 is 20.7 Å². The topological polar surface area (TPSA) is 124 Å². The number of rotatable bonds is 6. The maximum atomic E-state index is 13.5. The van der Waals surface area contributed by atoms with E-state index >= 15 is 0 Å². The van der Waals surface area contributed by atoms with Crippen molar-refractivity contribution in [3.8, 4) is 0 Å². The van der Waals surface area contributed by atoms with E-state index in [1.807, 2.05) is 0 Å². The fraction of sp³-hybridized carbons (Fsp3) is 0.400. The minimum absolute atomic E-state index is 0.0457. The predicted molar refractivity (Wildman–Crippen MR) is 87.0 cm³/mol. The summed E-state index contributed by atoms with van der Waals surface area (Å²) in [5.41, 5.74) is 2.03. The Kier molecular flexibility index (Phi) is 5.51. The van der Waals surface area contributed by atoms with Gasteiger partial charge in [0.1, 0.15) is 5.82 Å². The third-order valence-corrected chi connectivity index (χ3v) is 5.00. The number of halogens is 1. The van der Waals surface area contributed by atoms with Gasteiger partial charge in [-0.15, -0.1) is 0 Å². The number of nitrogens with one attached hydrogen (secondary N) is 1. The molecule has 0 aliphatic heterocycles. The summed E-state index contributed by atoms with van der Waals surface area (Å²) in [6.07, 6.45) is 0.587. The smallest absolute Gasteiger partial charge is 0.198 e. The number of oxime groups is 1. The van der Waals surface area contributed by atoms with E-state index < -0.39 is 6.10 Å². The van der Waals surface area contributed by atoms with E-state index in [2.05, 4.69) is 20.8 Å². The fourth-order valence-corrected chi connectivity index (χ4v) is 3.49. The van der Waals surface area contributed by atoms with Gasteiger partial charge in [-0.1, -0.05) is 23.0 Å². The molecule has 0 saturated carbocycles. The molecule has 25 heavy (non-hydrogen) atoms. The van der Waals surface area contributed by atoms with Crippen LogP contribution in [0, 0.1) is 5.82 Å². The predicted octanol–water partition coefficient (Wildman–Crippen LogP) is 1.07. The molecule has 0 saturated heterocycles. The number of benzene rings is 1. The zero-order valence-corrected chi connectivity index (χ0v) is 13.9. The van der Waals surface area contributed by atoms with Crippen molar-refractivity contribution in [3.63, 3.8) is 0 Å². The number of fused-ring (bicyclic) bond motifs is 1. The van der Waals surface area contributed by atoms with Crippen molar-refractivity contribution < 1.29 is 24.4 Å². The summed E-state index contributed by atoms with van der Waals surface area (Å²) in [4.78, 5) is 0. The van der Waals surface area contributed by atoms with Crippen LogP contribution in [-0.4, -0.2) is 50.0 Å². The van der Waals surface area contributed by atoms with Crippen LogP contribution in [0.25, 0.3) is 0 Å². The Morgan fingerprint density at radius 3 is 3.08 bits per heavy atom. The monoisotopic (exact) mass is 368 g/mol. The number of aliphatic hydroxyl groups excluding tert-OH is 2. The number of amidine groups is 1. The molecule has 0 spiro atoms. The van der Waals surface area contributed by atoms with Crippen molar-refractivity contribution in [2.45, 2.75) is 30.0 Å². The molecule has 1 aromatic carbocycles. The molecular weight excluding hydrogens is 351 g/mol. The lowest BCUT2D eigenvalue weighted by Gasteiger charge is -2.15. The molecule has 1 aromatic heterocycles. The lowest BCUT2D eigenvalue weighted by molar-refractivity contribution is 0.113. The van der Waals surface area contributed by atoms with Crippen molar-refractivity contribution in [3.05, 3.63) is 40.8 Å². The van der Waals surface area contributed by atoms with Gasteiger partial charge in [0.15, 0.2) is 16.6 Å². The highest BCUT2D eigenvalue weighted by atomic mass is 32.2. The van der Waals surface area contributed by atoms with Crippen molar-refractivity contribution in [1.29, 1.82) is 0 Å². The highest BCUT2D eigenvalue weighted by molar-refractivity contribution is 7.99. The Balaban J connectivity index is 1.75. The van der Waals surface area contributed by atoms with Gasteiger partial charge in [0.25, 0.3) is 0 Å². The summed E-state index contributed by atoms with van der Waals surface area (Å²) in [5, 5.41) is 41.7. The summed E-state index contributed by atoms with van der Waals surface area (Å²) >= 11 is 1.11. The van der Waals surface area contributed by atoms with E-state index in [1.165, 1.54) is 12.1 Å². The van der Waals surface area contributed by atoms with Crippen molar-refractivity contribution in [1.82, 2.24) is 15.6 Å². The zero-order valence-electron chi connectivity index (χ0n) is 13.1. The van der Waals surface area contributed by atoms with E-state index in [9.17, 15) is 14.7 Å². The normalized spacial score (nSPS) is 18.2. The molecule has 0 amide bonds. The maximum Gasteiger partial charge on any atom is 0.198 e. The SMILES string of the molecule is OC[C@H](O)CSc1nonc1/C(=N/O)N[C@H]1CCc2ccc(F)cc21. The fourth-order valence-electron chi connectivity index (χ4n) is 2.68. The molecule has 10 heteroatoms. The first-order valence-electron chi connectivity index (χ1n) is 7.64. The number of aliphatic hydroxyl groups is 2. The van der Waals surface area contributed by atoms with E-state index in [4.69, 9.17) is 9.74 Å². The number of aryl methyl sites for hydroxylation is 1. The van der Waals surface area contributed by atoms with Gasteiger partial charge in [-0.05, 0) is 46.4 Å². The molecule has 2 atom stereocenters. The summed E-state index contributed by atoms with van der Waals surface area (Å²) in [7, 11) is 0. The van der Waals surface area contributed by atoms with Crippen LogP contribution in [0.1, 0.15) is 29.3 Å². The molecule has 4 N–H and O–H groups in total. The minimum atomic E-state index is -0.915. The first-order chi connectivity index (χ1) is 12.1. The average molecular weight is 368 g/mol. The summed E-state index contributed by atoms with van der Waals surface area (Å²) in [5.74, 6) is -0.106. The third-order valence-electron chi connectivity index (χ3n) is 3.90. The van der Waals surface area contributed by atoms with Crippen LogP contribution in [0.4, 0.5) is 4.39 Å². The van der Waals surface area contributed by atoms with Crippen molar-refractivity contribution >= 4 is 17.6 Å². The van der Waals surface area contributed by atoms with Crippen molar-refractivity contribution in [2.75, 3.05) is 12.4 Å². The largest absolute Gasteiger partial charge is 0.409 e. The molecule has 3 rings (SSSR count). The van der Waals surface area contributed by atoms with Crippen LogP contribution in [0.15, 0.2) is 33.0 Å². The molecule has 1 heterocycles. The standard InChI is InChI=1S/C15H17FN4O4S/c16-9-3-1-8-2-4-12(11(8)5-9)17-14(18-23)13-15(20-24-19-13)25-7-10(22)6-21/h1,3,5,10,12,21-23H,2,4,6-7H2,(H,17,18)/t10-,12-/m0/s1. The molecule has 8 nitrogen and oxygen atoms in total. The van der Waals surface area contributed by atoms with Gasteiger partial charge in [-0.2, -0.15) is 0 Å². The molecule has 0 fully saturated rings. The maximum absolute atomic E-state index is 13.5. The zero-order chi connectivity index (χ0) is 17.8. The highest BCUT2D eigenvalue weighted by Crippen LogP contribution is 2.32. The quantitative estimate of drug-likeness (QED) is 0.196. The molecular formula is C15H17FN4O4S. The molecule has 1 aliphatic carbocycles. The van der Waals surface area contributed by atoms with Gasteiger partial charge in [0.05, 0.1) is 18.8 Å². The Labute approximate surface area is 146 Å². The molecule has 0 radical (unpaired) electrons. The molecule has 1 aliphatic rings. The van der Waals surface area contributed by atoms with Crippen LogP contribution < -0.4 is 5.32 Å². The van der Waals surface area contributed by atoms with E-state index in [1.54, 1.807) is 6.07 Å². The number of hydrogen-bond donors (Lipinski definition) is 4. The summed E-state index contributed by atoms with van der Waals surface area (Å²) in [6.45, 7) is -0.378. The Morgan fingerprint density at radius 1 is 1.48 bits per heavy atom. The second kappa shape index (κ2) is 7.81. The molecule has 134 valence electrons. The third kappa shape index (κ3) is 3.91. The number of aromatic nitrogens is 2. The molecule has 2 aromatic rings. The van der Waals surface area contributed by atoms with Crippen LogP contribution in [0.3, 0.4) is 0 Å². The number of thioether (sulfide) groups is 1. The van der Waals surface area contributed by atoms with Gasteiger partial charge in [0, 0.05) is 5.75 Å². The van der Waals surface area contributed by atoms with E-state index in [0.29, 0.717) is 5.03 Å². The van der Waals surface area contributed by atoms with Crippen LogP contribution in [0.5, 0.6) is 0 Å². The Morgan fingerprint density at radius 2 is 2.32 bits per heavy atom. The lowest BCUT2D eigenvalue weighted by Crippen LogP contribution is -2.29. The minimum Gasteiger partial charge on any atom is -0.409 e. The van der Waals surface area contributed by atoms with Crippen LogP contribution in [0.2, 0.25) is 0 Å². The first-order valence-corrected chi connectivity index (χ1v) is 8.62. The van der Waals surface area contributed by atoms with Crippen molar-refractivity contribution in [2.24, 2.45) is 5.16 Å². The van der Waals surface area contributed by atoms with Crippen LogP contribution >= 0.6 is 11.8 Å². The second-order valence-corrected chi connectivity index (χ2v) is 6.60. The second-order valence-electron chi connectivity index (χ2n) is 5.59. The van der Waals surface area contributed by atoms with E-state index in [0.717, 1.165) is 35.7 Å². The van der Waals surface area contributed by atoms with E-state index in [-0.39, 0.29) is 35.7 Å². The lowest BCUT2D eigenvalue weighted by atomic mass is 10.1. The Bertz CT molecular complexity index is 770. The number of nitrogens with zero attached hydrogens (tertiary/aromatic N) is 3. The first kappa shape index (κ1) is 17.6. The average Bonchev–Trinajstić information content (AvgIpc) is 3.24. The summed E-state index contributed by atoms with van der Waals surface area (Å²) in [6, 6.07) is 4.40. The molecule has 0 bridgehead atoms. The van der Waals surface area contributed by atoms with Gasteiger partial charge in [-0.3, -0.25) is 0 Å². The Hall–Kier alpha value is -2.17. The van der Waals surface area contributed by atoms with Gasteiger partial charge in [0.2, 0.25) is 0 Å². The number of hydrogen-bond acceptors (Lipinski definition) is 8.